The maximum absolute atomic E-state index is 13.2. The molecule has 4 aromatic rings. The zero-order valence-electron chi connectivity index (χ0n) is 19.1. The number of anilines is 1. The number of amides is 2. The normalized spacial score (nSPS) is 15.4. The molecule has 10 heteroatoms. The molecule has 1 aliphatic rings. The highest BCUT2D eigenvalue weighted by molar-refractivity contribution is 7.17. The van der Waals surface area contributed by atoms with Crippen molar-refractivity contribution in [2.24, 2.45) is 5.92 Å². The lowest BCUT2D eigenvalue weighted by molar-refractivity contribution is -0.123. The fraction of sp³-hybridized carbons (Fsp3) is 0.200. The Balaban J connectivity index is 1.39. The summed E-state index contributed by atoms with van der Waals surface area (Å²) in [4.78, 5) is 45.5. The van der Waals surface area contributed by atoms with Crippen LogP contribution in [0.4, 0.5) is 5.69 Å². The van der Waals surface area contributed by atoms with Gasteiger partial charge in [-0.3, -0.25) is 19.8 Å². The van der Waals surface area contributed by atoms with Gasteiger partial charge in [-0.05, 0) is 17.7 Å². The van der Waals surface area contributed by atoms with Crippen molar-refractivity contribution >= 4 is 39.1 Å². The van der Waals surface area contributed by atoms with Crippen molar-refractivity contribution in [3.63, 3.8) is 0 Å². The molecule has 1 unspecified atom stereocenters. The molecule has 0 spiro atoms. The van der Waals surface area contributed by atoms with Gasteiger partial charge in [0, 0.05) is 30.0 Å². The summed E-state index contributed by atoms with van der Waals surface area (Å²) in [5.74, 6) is -0.229. The molecule has 178 valence electrons. The zero-order valence-corrected chi connectivity index (χ0v) is 19.9. The van der Waals surface area contributed by atoms with Crippen LogP contribution in [0.3, 0.4) is 0 Å². The van der Waals surface area contributed by atoms with Gasteiger partial charge in [0.2, 0.25) is 11.8 Å². The van der Waals surface area contributed by atoms with Gasteiger partial charge in [-0.25, -0.2) is 9.66 Å². The maximum Gasteiger partial charge on any atom is 0.281 e. The third-order valence-corrected chi connectivity index (χ3v) is 6.87. The van der Waals surface area contributed by atoms with Crippen LogP contribution < -0.4 is 25.4 Å². The van der Waals surface area contributed by atoms with Crippen LogP contribution in [0.25, 0.3) is 21.3 Å². The van der Waals surface area contributed by atoms with Crippen LogP contribution in [-0.2, 0) is 9.59 Å². The minimum Gasteiger partial charge on any atom is -0.497 e. The predicted molar refractivity (Wildman–Crippen MR) is 134 cm³/mol. The molecular weight excluding hydrogens is 468 g/mol. The first-order valence-electron chi connectivity index (χ1n) is 10.9. The fourth-order valence-corrected chi connectivity index (χ4v) is 5.08. The number of aromatic nitrogens is 2. The zero-order chi connectivity index (χ0) is 24.5. The third-order valence-electron chi connectivity index (χ3n) is 5.98. The Morgan fingerprint density at radius 3 is 2.66 bits per heavy atom. The molecule has 3 heterocycles. The van der Waals surface area contributed by atoms with Crippen molar-refractivity contribution in [1.82, 2.24) is 9.66 Å². The summed E-state index contributed by atoms with van der Waals surface area (Å²) < 4.78 is 11.7. The minimum atomic E-state index is -0.645. The first-order chi connectivity index (χ1) is 17.0. The molecular formula is C25H22N4O5S. The molecule has 0 saturated carbocycles. The maximum atomic E-state index is 13.2. The van der Waals surface area contributed by atoms with Gasteiger partial charge in [-0.15, -0.1) is 11.3 Å². The number of carbonyl (C=O) groups excluding carboxylic acids is 2. The number of rotatable bonds is 6. The Morgan fingerprint density at radius 2 is 1.91 bits per heavy atom. The molecule has 2 aromatic heterocycles. The second-order valence-corrected chi connectivity index (χ2v) is 8.89. The molecule has 2 aromatic carbocycles. The largest absolute Gasteiger partial charge is 0.497 e. The van der Waals surface area contributed by atoms with Crippen molar-refractivity contribution in [3.8, 4) is 22.6 Å². The van der Waals surface area contributed by atoms with E-state index in [4.69, 9.17) is 9.47 Å². The lowest BCUT2D eigenvalue weighted by atomic mass is 10.1. The highest BCUT2D eigenvalue weighted by Crippen LogP contribution is 2.36. The number of thiophene rings is 1. The van der Waals surface area contributed by atoms with Gasteiger partial charge in [0.25, 0.3) is 5.56 Å². The van der Waals surface area contributed by atoms with E-state index in [1.165, 1.54) is 29.7 Å². The number of ether oxygens (including phenoxy) is 2. The number of hydrogen-bond acceptors (Lipinski definition) is 7. The first kappa shape index (κ1) is 22.6. The molecule has 5 rings (SSSR count). The molecule has 0 aliphatic carbocycles. The molecule has 1 N–H and O–H groups in total. The summed E-state index contributed by atoms with van der Waals surface area (Å²) in [6.45, 7) is 0.158. The Bertz CT molecular complexity index is 1480. The summed E-state index contributed by atoms with van der Waals surface area (Å²) in [5.41, 5.74) is 4.47. The van der Waals surface area contributed by atoms with Crippen molar-refractivity contribution in [1.29, 1.82) is 0 Å². The monoisotopic (exact) mass is 490 g/mol. The topological polar surface area (TPSA) is 103 Å². The van der Waals surface area contributed by atoms with Crippen LogP contribution in [0.15, 0.2) is 65.0 Å². The van der Waals surface area contributed by atoms with Gasteiger partial charge in [-0.2, -0.15) is 0 Å². The summed E-state index contributed by atoms with van der Waals surface area (Å²) >= 11 is 1.37. The third kappa shape index (κ3) is 4.12. The predicted octanol–water partition coefficient (Wildman–Crippen LogP) is 3.27. The van der Waals surface area contributed by atoms with E-state index in [-0.39, 0.29) is 24.4 Å². The SMILES string of the molecule is COc1ccc(N2CC(C(=O)Nn3cnc4scc(-c5ccccc5)c4c3=O)CC2=O)c(OC)c1. The smallest absolute Gasteiger partial charge is 0.281 e. The molecule has 1 aliphatic heterocycles. The van der Waals surface area contributed by atoms with E-state index in [1.807, 2.05) is 35.7 Å². The first-order valence-corrected chi connectivity index (χ1v) is 11.8. The molecule has 9 nitrogen and oxygen atoms in total. The summed E-state index contributed by atoms with van der Waals surface area (Å²) in [6, 6.07) is 14.7. The van der Waals surface area contributed by atoms with Gasteiger partial charge < -0.3 is 14.4 Å². The van der Waals surface area contributed by atoms with Crippen LogP contribution in [0.1, 0.15) is 6.42 Å². The van der Waals surface area contributed by atoms with Gasteiger partial charge in [0.15, 0.2) is 0 Å². The molecule has 0 bridgehead atoms. The quantitative estimate of drug-likeness (QED) is 0.445. The Morgan fingerprint density at radius 1 is 1.11 bits per heavy atom. The Hall–Kier alpha value is -4.18. The highest BCUT2D eigenvalue weighted by Gasteiger charge is 2.36. The van der Waals surface area contributed by atoms with E-state index in [0.29, 0.717) is 27.4 Å². The highest BCUT2D eigenvalue weighted by atomic mass is 32.1. The van der Waals surface area contributed by atoms with Gasteiger partial charge in [-0.1, -0.05) is 30.3 Å². The lowest BCUT2D eigenvalue weighted by Crippen LogP contribution is -2.37. The van der Waals surface area contributed by atoms with Crippen molar-refractivity contribution < 1.29 is 19.1 Å². The molecule has 0 radical (unpaired) electrons. The van der Waals surface area contributed by atoms with E-state index in [1.54, 1.807) is 25.3 Å². The summed E-state index contributed by atoms with van der Waals surface area (Å²) in [6.07, 6.45) is 1.31. The molecule has 2 amide bonds. The van der Waals surface area contributed by atoms with Crippen LogP contribution >= 0.6 is 11.3 Å². The Labute approximate surface area is 204 Å². The second-order valence-electron chi connectivity index (χ2n) is 8.03. The van der Waals surface area contributed by atoms with Crippen molar-refractivity contribution in [2.75, 3.05) is 31.1 Å². The number of nitrogens with one attached hydrogen (secondary N) is 1. The summed E-state index contributed by atoms with van der Waals surface area (Å²) in [7, 11) is 3.05. The number of nitrogens with zero attached hydrogens (tertiary/aromatic N) is 3. The van der Waals surface area contributed by atoms with Crippen LogP contribution in [0, 0.1) is 5.92 Å². The standard InChI is InChI=1S/C25H22N4O5S/c1-33-17-8-9-19(20(11-17)34-2)28-12-16(10-21(28)30)23(31)27-29-14-26-24-22(25(29)32)18(13-35-24)15-6-4-3-5-7-15/h3-9,11,13-14,16H,10,12H2,1-2H3,(H,27,31). The molecule has 35 heavy (non-hydrogen) atoms. The molecule has 1 saturated heterocycles. The number of hydrogen-bond donors (Lipinski definition) is 1. The van der Waals surface area contributed by atoms with Crippen LogP contribution in [0.2, 0.25) is 0 Å². The van der Waals surface area contributed by atoms with Crippen molar-refractivity contribution in [2.45, 2.75) is 6.42 Å². The number of benzene rings is 2. The van der Waals surface area contributed by atoms with Crippen molar-refractivity contribution in [3.05, 3.63) is 70.6 Å². The van der Waals surface area contributed by atoms with Gasteiger partial charge >= 0.3 is 0 Å². The number of carbonyl (C=O) groups is 2. The number of fused-ring (bicyclic) bond motifs is 1. The molecule has 1 atom stereocenters. The number of methoxy groups -OCH3 is 2. The van der Waals surface area contributed by atoms with E-state index in [2.05, 4.69) is 10.4 Å². The van der Waals surface area contributed by atoms with Gasteiger partial charge in [0.1, 0.15) is 22.7 Å². The molecule has 1 fully saturated rings. The Kier molecular flexibility index (Phi) is 5.96. The van der Waals surface area contributed by atoms with E-state index in [9.17, 15) is 14.4 Å². The van der Waals surface area contributed by atoms with Crippen LogP contribution in [-0.4, -0.2) is 42.2 Å². The minimum absolute atomic E-state index is 0.0131. The average molecular weight is 491 g/mol. The van der Waals surface area contributed by atoms with E-state index in [0.717, 1.165) is 15.8 Å². The van der Waals surface area contributed by atoms with Crippen LogP contribution in [0.5, 0.6) is 11.5 Å². The fourth-order valence-electron chi connectivity index (χ4n) is 4.18. The van der Waals surface area contributed by atoms with Gasteiger partial charge in [0.05, 0.1) is 31.2 Å². The van der Waals surface area contributed by atoms with E-state index >= 15 is 0 Å². The average Bonchev–Trinajstić information content (AvgIpc) is 3.50. The summed E-state index contributed by atoms with van der Waals surface area (Å²) in [5, 5.41) is 2.33. The lowest BCUT2D eigenvalue weighted by Gasteiger charge is -2.20. The van der Waals surface area contributed by atoms with E-state index < -0.39 is 11.8 Å². The second kappa shape index (κ2) is 9.22.